The van der Waals surface area contributed by atoms with Gasteiger partial charge in [0, 0.05) is 13.0 Å². The van der Waals surface area contributed by atoms with Crippen molar-refractivity contribution in [1.82, 2.24) is 10.2 Å². The first kappa shape index (κ1) is 11.8. The number of amides is 1. The molecule has 3 nitrogen and oxygen atoms in total. The van der Waals surface area contributed by atoms with E-state index in [2.05, 4.69) is 22.8 Å². The van der Waals surface area contributed by atoms with Crippen molar-refractivity contribution in [3.8, 4) is 0 Å². The van der Waals surface area contributed by atoms with E-state index in [0.717, 1.165) is 19.5 Å². The normalized spacial score (nSPS) is 10.3. The van der Waals surface area contributed by atoms with Crippen LogP contribution in [-0.4, -0.2) is 43.7 Å². The molecule has 0 saturated heterocycles. The minimum Gasteiger partial charge on any atom is -0.356 e. The fraction of sp³-hybridized carbons (Fsp3) is 0.875. The van der Waals surface area contributed by atoms with Crippen molar-refractivity contribution in [2.75, 3.05) is 32.9 Å². The van der Waals surface area contributed by atoms with Crippen molar-refractivity contribution in [2.24, 2.45) is 0 Å². The molecular formula is C8H18N2OS. The number of hydrogen-bond donors (Lipinski definition) is 2. The standard InChI is InChI=1S/C8H18N2OS/c1-10(2)6-3-5-9-8(11)4-7-12/h12H,3-7H2,1-2H3,(H,9,11). The molecule has 0 aromatic carbocycles. The maximum Gasteiger partial charge on any atom is 0.220 e. The van der Waals surface area contributed by atoms with Crippen LogP contribution in [0.1, 0.15) is 12.8 Å². The van der Waals surface area contributed by atoms with Crippen LogP contribution >= 0.6 is 12.6 Å². The van der Waals surface area contributed by atoms with Gasteiger partial charge in [0.2, 0.25) is 5.91 Å². The van der Waals surface area contributed by atoms with E-state index >= 15 is 0 Å². The maximum atomic E-state index is 10.9. The van der Waals surface area contributed by atoms with E-state index in [0.29, 0.717) is 12.2 Å². The van der Waals surface area contributed by atoms with E-state index in [-0.39, 0.29) is 5.91 Å². The van der Waals surface area contributed by atoms with E-state index in [1.807, 2.05) is 14.1 Å². The highest BCUT2D eigenvalue weighted by atomic mass is 32.1. The van der Waals surface area contributed by atoms with Crippen LogP contribution < -0.4 is 5.32 Å². The van der Waals surface area contributed by atoms with Gasteiger partial charge < -0.3 is 10.2 Å². The molecule has 0 heterocycles. The predicted molar refractivity (Wildman–Crippen MR) is 54.7 cm³/mol. The molecule has 0 spiro atoms. The van der Waals surface area contributed by atoms with Gasteiger partial charge in [-0.3, -0.25) is 4.79 Å². The van der Waals surface area contributed by atoms with Crippen LogP contribution in [0.3, 0.4) is 0 Å². The van der Waals surface area contributed by atoms with Crippen molar-refractivity contribution in [3.63, 3.8) is 0 Å². The third-order valence-corrected chi connectivity index (χ3v) is 1.67. The van der Waals surface area contributed by atoms with Crippen molar-refractivity contribution >= 4 is 18.5 Å². The van der Waals surface area contributed by atoms with Gasteiger partial charge in [-0.05, 0) is 32.8 Å². The molecule has 0 aliphatic heterocycles. The fourth-order valence-corrected chi connectivity index (χ4v) is 1.02. The molecule has 0 unspecified atom stereocenters. The van der Waals surface area contributed by atoms with Gasteiger partial charge in [0.25, 0.3) is 0 Å². The molecule has 72 valence electrons. The number of thiol groups is 1. The highest BCUT2D eigenvalue weighted by Crippen LogP contribution is 1.85. The molecule has 0 bridgehead atoms. The molecule has 1 N–H and O–H groups in total. The van der Waals surface area contributed by atoms with Crippen molar-refractivity contribution in [3.05, 3.63) is 0 Å². The monoisotopic (exact) mass is 190 g/mol. The highest BCUT2D eigenvalue weighted by Gasteiger charge is 1.97. The summed E-state index contributed by atoms with van der Waals surface area (Å²) in [5.41, 5.74) is 0. The van der Waals surface area contributed by atoms with Crippen molar-refractivity contribution in [2.45, 2.75) is 12.8 Å². The highest BCUT2D eigenvalue weighted by molar-refractivity contribution is 7.80. The Morgan fingerprint density at radius 3 is 2.67 bits per heavy atom. The molecule has 0 fully saturated rings. The lowest BCUT2D eigenvalue weighted by molar-refractivity contribution is -0.120. The predicted octanol–water partition coefficient (Wildman–Crippen LogP) is 0.374. The number of carbonyl (C=O) groups is 1. The van der Waals surface area contributed by atoms with Crippen LogP contribution in [-0.2, 0) is 4.79 Å². The second kappa shape index (κ2) is 7.43. The van der Waals surface area contributed by atoms with Gasteiger partial charge in [-0.1, -0.05) is 0 Å². The van der Waals surface area contributed by atoms with Gasteiger partial charge in [0.05, 0.1) is 0 Å². The zero-order chi connectivity index (χ0) is 9.40. The van der Waals surface area contributed by atoms with Gasteiger partial charge >= 0.3 is 0 Å². The number of nitrogens with zero attached hydrogens (tertiary/aromatic N) is 1. The summed E-state index contributed by atoms with van der Waals surface area (Å²) in [7, 11) is 4.05. The molecule has 0 aromatic heterocycles. The Morgan fingerprint density at radius 1 is 1.50 bits per heavy atom. The van der Waals surface area contributed by atoms with Crippen LogP contribution in [0.5, 0.6) is 0 Å². The topological polar surface area (TPSA) is 32.3 Å². The summed E-state index contributed by atoms with van der Waals surface area (Å²) >= 11 is 3.97. The fourth-order valence-electron chi connectivity index (χ4n) is 0.813. The van der Waals surface area contributed by atoms with Crippen LogP contribution in [0.4, 0.5) is 0 Å². The summed E-state index contributed by atoms with van der Waals surface area (Å²) < 4.78 is 0. The lowest BCUT2D eigenvalue weighted by Gasteiger charge is -2.09. The average Bonchev–Trinajstić information content (AvgIpc) is 1.98. The van der Waals surface area contributed by atoms with E-state index < -0.39 is 0 Å². The number of hydrogen-bond acceptors (Lipinski definition) is 3. The van der Waals surface area contributed by atoms with Crippen molar-refractivity contribution < 1.29 is 4.79 Å². The van der Waals surface area contributed by atoms with Gasteiger partial charge in [0.1, 0.15) is 0 Å². The summed E-state index contributed by atoms with van der Waals surface area (Å²) in [6.07, 6.45) is 1.52. The molecule has 0 aliphatic rings. The largest absolute Gasteiger partial charge is 0.356 e. The van der Waals surface area contributed by atoms with E-state index in [4.69, 9.17) is 0 Å². The van der Waals surface area contributed by atoms with E-state index in [1.54, 1.807) is 0 Å². The summed E-state index contributed by atoms with van der Waals surface area (Å²) in [5, 5.41) is 2.82. The molecule has 0 rings (SSSR count). The van der Waals surface area contributed by atoms with Crippen molar-refractivity contribution in [1.29, 1.82) is 0 Å². The minimum absolute atomic E-state index is 0.101. The van der Waals surface area contributed by atoms with E-state index in [1.165, 1.54) is 0 Å². The third-order valence-electron chi connectivity index (χ3n) is 1.44. The molecule has 0 aromatic rings. The number of nitrogens with one attached hydrogen (secondary N) is 1. The number of rotatable bonds is 6. The molecular weight excluding hydrogens is 172 g/mol. The zero-order valence-corrected chi connectivity index (χ0v) is 8.73. The first-order chi connectivity index (χ1) is 5.66. The summed E-state index contributed by atoms with van der Waals surface area (Å²) in [6, 6.07) is 0. The molecule has 0 saturated carbocycles. The van der Waals surface area contributed by atoms with Crippen LogP contribution in [0.15, 0.2) is 0 Å². The van der Waals surface area contributed by atoms with Gasteiger partial charge in [0.15, 0.2) is 0 Å². The zero-order valence-electron chi connectivity index (χ0n) is 7.84. The second-order valence-corrected chi connectivity index (χ2v) is 3.43. The van der Waals surface area contributed by atoms with Gasteiger partial charge in [-0.2, -0.15) is 12.6 Å². The summed E-state index contributed by atoms with van der Waals surface area (Å²) in [5.74, 6) is 0.725. The maximum absolute atomic E-state index is 10.9. The average molecular weight is 190 g/mol. The van der Waals surface area contributed by atoms with Crippen LogP contribution in [0.2, 0.25) is 0 Å². The molecule has 0 radical (unpaired) electrons. The smallest absolute Gasteiger partial charge is 0.220 e. The number of carbonyl (C=O) groups excluding carboxylic acids is 1. The Kier molecular flexibility index (Phi) is 7.29. The Morgan fingerprint density at radius 2 is 2.17 bits per heavy atom. The summed E-state index contributed by atoms with van der Waals surface area (Å²) in [6.45, 7) is 1.78. The van der Waals surface area contributed by atoms with Gasteiger partial charge in [-0.25, -0.2) is 0 Å². The Balaban J connectivity index is 3.14. The molecule has 1 amide bonds. The lowest BCUT2D eigenvalue weighted by atomic mass is 10.4. The Hall–Kier alpha value is -0.220. The molecule has 12 heavy (non-hydrogen) atoms. The Labute approximate surface area is 79.9 Å². The first-order valence-electron chi connectivity index (χ1n) is 4.19. The molecule has 0 aliphatic carbocycles. The second-order valence-electron chi connectivity index (χ2n) is 2.98. The van der Waals surface area contributed by atoms with Crippen LogP contribution in [0.25, 0.3) is 0 Å². The molecule has 0 atom stereocenters. The lowest BCUT2D eigenvalue weighted by Crippen LogP contribution is -2.27. The van der Waals surface area contributed by atoms with E-state index in [9.17, 15) is 4.79 Å². The Bertz CT molecular complexity index is 128. The first-order valence-corrected chi connectivity index (χ1v) is 4.82. The van der Waals surface area contributed by atoms with Gasteiger partial charge in [-0.15, -0.1) is 0 Å². The van der Waals surface area contributed by atoms with Crippen LogP contribution in [0, 0.1) is 0 Å². The SMILES string of the molecule is CN(C)CCCNC(=O)CCS. The minimum atomic E-state index is 0.101. The summed E-state index contributed by atoms with van der Waals surface area (Å²) in [4.78, 5) is 13.0. The molecule has 4 heteroatoms. The third kappa shape index (κ3) is 7.88. The quantitative estimate of drug-likeness (QED) is 0.469.